The fraction of sp³-hybridized carbons (Fsp3) is 0.786. The number of hydrogen-bond donors (Lipinski definition) is 1. The molecule has 100 valence electrons. The summed E-state index contributed by atoms with van der Waals surface area (Å²) in [7, 11) is 2.23. The van der Waals surface area contributed by atoms with Crippen LogP contribution in [0.25, 0.3) is 0 Å². The summed E-state index contributed by atoms with van der Waals surface area (Å²) in [6.07, 6.45) is 5.96. The molecule has 2 bridgehead atoms. The first-order valence-electron chi connectivity index (χ1n) is 7.06. The van der Waals surface area contributed by atoms with E-state index in [0.717, 1.165) is 29.3 Å². The van der Waals surface area contributed by atoms with Gasteiger partial charge in [-0.15, -0.1) is 11.3 Å². The van der Waals surface area contributed by atoms with Gasteiger partial charge in [-0.1, -0.05) is 6.42 Å². The van der Waals surface area contributed by atoms with Crippen molar-refractivity contribution < 1.29 is 0 Å². The van der Waals surface area contributed by atoms with E-state index in [-0.39, 0.29) is 0 Å². The predicted molar refractivity (Wildman–Crippen MR) is 75.3 cm³/mol. The van der Waals surface area contributed by atoms with E-state index in [4.69, 9.17) is 5.73 Å². The molecule has 18 heavy (non-hydrogen) atoms. The van der Waals surface area contributed by atoms with Gasteiger partial charge in [-0.2, -0.15) is 0 Å². The lowest BCUT2D eigenvalue weighted by Crippen LogP contribution is -2.28. The largest absolute Gasteiger partial charge is 0.325 e. The zero-order valence-electron chi connectivity index (χ0n) is 11.1. The molecule has 4 heteroatoms. The van der Waals surface area contributed by atoms with Gasteiger partial charge in [-0.3, -0.25) is 0 Å². The van der Waals surface area contributed by atoms with Gasteiger partial charge in [0.15, 0.2) is 0 Å². The molecule has 3 rings (SSSR count). The van der Waals surface area contributed by atoms with Crippen LogP contribution >= 0.6 is 11.3 Å². The molecule has 0 amide bonds. The molecule has 0 aliphatic heterocycles. The molecular formula is C14H23N3S. The van der Waals surface area contributed by atoms with Crippen LogP contribution in [0.15, 0.2) is 5.38 Å². The standard InChI is InChI=1S/C14H23N3S/c1-17(8-13-9-18-14(6-15)16-13)7-12-5-10-2-3-11(12)4-10/h9-12H,2-8,15H2,1H3. The summed E-state index contributed by atoms with van der Waals surface area (Å²) in [5.41, 5.74) is 6.79. The second kappa shape index (κ2) is 5.27. The third-order valence-electron chi connectivity index (χ3n) is 4.64. The number of hydrogen-bond acceptors (Lipinski definition) is 4. The van der Waals surface area contributed by atoms with Crippen LogP contribution in [0.5, 0.6) is 0 Å². The lowest BCUT2D eigenvalue weighted by atomic mass is 9.88. The zero-order chi connectivity index (χ0) is 12.5. The average Bonchev–Trinajstić information content (AvgIpc) is 3.04. The summed E-state index contributed by atoms with van der Waals surface area (Å²) in [4.78, 5) is 6.99. The molecule has 1 aromatic rings. The molecule has 0 saturated heterocycles. The highest BCUT2D eigenvalue weighted by Gasteiger charge is 2.39. The Kier molecular flexibility index (Phi) is 3.68. The van der Waals surface area contributed by atoms with Crippen LogP contribution in [0.3, 0.4) is 0 Å². The minimum Gasteiger partial charge on any atom is -0.325 e. The van der Waals surface area contributed by atoms with Gasteiger partial charge >= 0.3 is 0 Å². The number of rotatable bonds is 5. The lowest BCUT2D eigenvalue weighted by molar-refractivity contribution is 0.213. The fourth-order valence-electron chi connectivity index (χ4n) is 3.86. The molecule has 0 spiro atoms. The molecule has 1 heterocycles. The van der Waals surface area contributed by atoms with Crippen LogP contribution in [-0.2, 0) is 13.1 Å². The lowest BCUT2D eigenvalue weighted by Gasteiger charge is -2.26. The van der Waals surface area contributed by atoms with Gasteiger partial charge in [0.05, 0.1) is 5.69 Å². The minimum atomic E-state index is 0.570. The van der Waals surface area contributed by atoms with Crippen LogP contribution in [0.2, 0.25) is 0 Å². The van der Waals surface area contributed by atoms with Crippen molar-refractivity contribution in [2.24, 2.45) is 23.5 Å². The first-order valence-corrected chi connectivity index (χ1v) is 7.94. The first-order chi connectivity index (χ1) is 8.74. The van der Waals surface area contributed by atoms with Gasteiger partial charge < -0.3 is 10.6 Å². The molecular weight excluding hydrogens is 242 g/mol. The molecule has 2 aliphatic rings. The summed E-state index contributed by atoms with van der Waals surface area (Å²) < 4.78 is 0. The van der Waals surface area contributed by atoms with Crippen molar-refractivity contribution in [3.8, 4) is 0 Å². The van der Waals surface area contributed by atoms with Crippen LogP contribution in [0.4, 0.5) is 0 Å². The van der Waals surface area contributed by atoms with Crippen molar-refractivity contribution in [2.45, 2.75) is 38.8 Å². The quantitative estimate of drug-likeness (QED) is 0.889. The number of nitrogens with zero attached hydrogens (tertiary/aromatic N) is 2. The van der Waals surface area contributed by atoms with Crippen molar-refractivity contribution in [3.05, 3.63) is 16.1 Å². The van der Waals surface area contributed by atoms with E-state index in [2.05, 4.69) is 22.3 Å². The smallest absolute Gasteiger partial charge is 0.106 e. The summed E-state index contributed by atoms with van der Waals surface area (Å²) in [6, 6.07) is 0. The highest BCUT2D eigenvalue weighted by molar-refractivity contribution is 7.09. The van der Waals surface area contributed by atoms with Gasteiger partial charge in [-0.05, 0) is 44.1 Å². The Bertz CT molecular complexity index is 403. The van der Waals surface area contributed by atoms with Crippen LogP contribution in [0, 0.1) is 17.8 Å². The summed E-state index contributed by atoms with van der Waals surface area (Å²) in [6.45, 7) is 2.79. The van der Waals surface area contributed by atoms with Crippen molar-refractivity contribution in [2.75, 3.05) is 13.6 Å². The molecule has 3 unspecified atom stereocenters. The third kappa shape index (κ3) is 2.60. The Morgan fingerprint density at radius 2 is 2.33 bits per heavy atom. The van der Waals surface area contributed by atoms with E-state index in [1.165, 1.54) is 37.9 Å². The van der Waals surface area contributed by atoms with Crippen LogP contribution in [-0.4, -0.2) is 23.5 Å². The Morgan fingerprint density at radius 3 is 2.94 bits per heavy atom. The van der Waals surface area contributed by atoms with Crippen LogP contribution in [0.1, 0.15) is 36.4 Å². The van der Waals surface area contributed by atoms with Gasteiger partial charge in [0.25, 0.3) is 0 Å². The average molecular weight is 265 g/mol. The van der Waals surface area contributed by atoms with Crippen molar-refractivity contribution in [1.29, 1.82) is 0 Å². The molecule has 2 N–H and O–H groups in total. The minimum absolute atomic E-state index is 0.570. The predicted octanol–water partition coefficient (Wildman–Crippen LogP) is 2.47. The molecule has 3 atom stereocenters. The van der Waals surface area contributed by atoms with Crippen molar-refractivity contribution in [1.82, 2.24) is 9.88 Å². The Labute approximate surface area is 113 Å². The molecule has 0 aromatic carbocycles. The number of thiazole rings is 1. The number of fused-ring (bicyclic) bond motifs is 2. The molecule has 2 fully saturated rings. The van der Waals surface area contributed by atoms with E-state index in [0.29, 0.717) is 6.54 Å². The SMILES string of the molecule is CN(Cc1csc(CN)n1)CC1CC2CCC1C2. The van der Waals surface area contributed by atoms with Gasteiger partial charge in [0.2, 0.25) is 0 Å². The Balaban J connectivity index is 1.51. The molecule has 0 radical (unpaired) electrons. The third-order valence-corrected chi connectivity index (χ3v) is 5.56. The van der Waals surface area contributed by atoms with Gasteiger partial charge in [0, 0.05) is 25.0 Å². The van der Waals surface area contributed by atoms with Crippen molar-refractivity contribution >= 4 is 11.3 Å². The Morgan fingerprint density at radius 1 is 1.44 bits per heavy atom. The summed E-state index contributed by atoms with van der Waals surface area (Å²) in [5.74, 6) is 3.02. The van der Waals surface area contributed by atoms with Crippen LogP contribution < -0.4 is 5.73 Å². The fourth-order valence-corrected chi connectivity index (χ4v) is 4.52. The van der Waals surface area contributed by atoms with Gasteiger partial charge in [-0.25, -0.2) is 4.98 Å². The normalized spacial score (nSPS) is 30.5. The first kappa shape index (κ1) is 12.6. The van der Waals surface area contributed by atoms with Crippen molar-refractivity contribution in [3.63, 3.8) is 0 Å². The molecule has 1 aromatic heterocycles. The summed E-state index contributed by atoms with van der Waals surface area (Å²) in [5, 5.41) is 3.21. The number of aromatic nitrogens is 1. The highest BCUT2D eigenvalue weighted by atomic mass is 32.1. The molecule has 2 aliphatic carbocycles. The monoisotopic (exact) mass is 265 g/mol. The van der Waals surface area contributed by atoms with E-state index in [1.54, 1.807) is 11.3 Å². The zero-order valence-corrected chi connectivity index (χ0v) is 12.0. The second-order valence-corrected chi connectivity index (χ2v) is 7.01. The molecule has 2 saturated carbocycles. The highest BCUT2D eigenvalue weighted by Crippen LogP contribution is 2.48. The van der Waals surface area contributed by atoms with E-state index >= 15 is 0 Å². The topological polar surface area (TPSA) is 42.1 Å². The van der Waals surface area contributed by atoms with Gasteiger partial charge in [0.1, 0.15) is 5.01 Å². The van der Waals surface area contributed by atoms with E-state index in [1.807, 2.05) is 0 Å². The number of nitrogens with two attached hydrogens (primary N) is 1. The second-order valence-electron chi connectivity index (χ2n) is 6.07. The maximum atomic E-state index is 5.60. The van der Waals surface area contributed by atoms with E-state index in [9.17, 15) is 0 Å². The summed E-state index contributed by atoms with van der Waals surface area (Å²) >= 11 is 1.68. The Hall–Kier alpha value is -0.450. The maximum absolute atomic E-state index is 5.60. The maximum Gasteiger partial charge on any atom is 0.106 e. The molecule has 3 nitrogen and oxygen atoms in total. The van der Waals surface area contributed by atoms with E-state index < -0.39 is 0 Å².